The number of aliphatic carboxylic acids is 1. The minimum absolute atomic E-state index is 0.0464. The van der Waals surface area contributed by atoms with Crippen molar-refractivity contribution in [3.05, 3.63) is 60.8 Å². The average Bonchev–Trinajstić information content (AvgIpc) is 2.93. The minimum atomic E-state index is -0.703. The second-order valence-electron chi connectivity index (χ2n) is 10.6. The van der Waals surface area contributed by atoms with Gasteiger partial charge in [-0.15, -0.1) is 0 Å². The summed E-state index contributed by atoms with van der Waals surface area (Å²) in [5, 5.41) is 8.71. The summed E-state index contributed by atoms with van der Waals surface area (Å²) >= 11 is 0. The highest BCUT2D eigenvalue weighted by atomic mass is 16.5. The SMILES string of the molecule is CC/C=C\C/C=C\C/C=C\C/C=C\C/C=C\CCCC(=O)OC(CCCCCC)CCCCCCCCC(=O)O. The zero-order chi connectivity index (χ0) is 29.4. The lowest BCUT2D eigenvalue weighted by molar-refractivity contribution is -0.150. The zero-order valence-corrected chi connectivity index (χ0v) is 25.9. The fourth-order valence-electron chi connectivity index (χ4n) is 4.39. The Bertz CT molecular complexity index is 729. The first-order valence-electron chi connectivity index (χ1n) is 16.3. The zero-order valence-electron chi connectivity index (χ0n) is 25.9. The van der Waals surface area contributed by atoms with E-state index in [1.165, 1.54) is 19.3 Å². The highest BCUT2D eigenvalue weighted by molar-refractivity contribution is 5.69. The van der Waals surface area contributed by atoms with Crippen LogP contribution in [0.15, 0.2) is 60.8 Å². The molecule has 1 atom stereocenters. The molecule has 0 radical (unpaired) electrons. The van der Waals surface area contributed by atoms with Crippen LogP contribution in [0.25, 0.3) is 0 Å². The first kappa shape index (κ1) is 37.6. The van der Waals surface area contributed by atoms with E-state index in [-0.39, 0.29) is 18.5 Å². The molecule has 0 aromatic carbocycles. The first-order valence-corrected chi connectivity index (χ1v) is 16.3. The van der Waals surface area contributed by atoms with Crippen molar-refractivity contribution < 1.29 is 19.4 Å². The number of allylic oxidation sites excluding steroid dienone is 10. The summed E-state index contributed by atoms with van der Waals surface area (Å²) in [5.74, 6) is -0.757. The van der Waals surface area contributed by atoms with Gasteiger partial charge >= 0.3 is 11.9 Å². The Morgan fingerprint density at radius 3 is 1.57 bits per heavy atom. The van der Waals surface area contributed by atoms with Gasteiger partial charge in [0.2, 0.25) is 0 Å². The van der Waals surface area contributed by atoms with Gasteiger partial charge in [0.15, 0.2) is 0 Å². The van der Waals surface area contributed by atoms with Crippen LogP contribution in [0.4, 0.5) is 0 Å². The molecule has 0 aliphatic carbocycles. The van der Waals surface area contributed by atoms with Crippen LogP contribution in [0.5, 0.6) is 0 Å². The van der Waals surface area contributed by atoms with Crippen LogP contribution in [-0.2, 0) is 14.3 Å². The third-order valence-corrected chi connectivity index (χ3v) is 6.75. The third kappa shape index (κ3) is 30.2. The van der Waals surface area contributed by atoms with Crippen LogP contribution in [0.1, 0.15) is 149 Å². The van der Waals surface area contributed by atoms with Crippen molar-refractivity contribution >= 4 is 11.9 Å². The Morgan fingerprint density at radius 2 is 1.05 bits per heavy atom. The maximum atomic E-state index is 12.4. The van der Waals surface area contributed by atoms with E-state index < -0.39 is 5.97 Å². The van der Waals surface area contributed by atoms with E-state index in [2.05, 4.69) is 74.6 Å². The van der Waals surface area contributed by atoms with E-state index in [1.807, 2.05) is 0 Å². The second kappa shape index (κ2) is 31.2. The summed E-state index contributed by atoms with van der Waals surface area (Å²) in [6, 6.07) is 0. The third-order valence-electron chi connectivity index (χ3n) is 6.75. The lowest BCUT2D eigenvalue weighted by Gasteiger charge is -2.18. The summed E-state index contributed by atoms with van der Waals surface area (Å²) in [5.41, 5.74) is 0. The summed E-state index contributed by atoms with van der Waals surface area (Å²) in [6.45, 7) is 4.37. The van der Waals surface area contributed by atoms with Crippen molar-refractivity contribution in [1.82, 2.24) is 0 Å². The standard InChI is InChI=1S/C36H60O4/c1-3-5-7-9-10-11-12-13-14-15-16-17-18-19-20-25-29-33-36(39)40-34(30-26-8-6-4-2)31-27-23-21-22-24-28-32-35(37)38/h5,7,10-11,13-14,16-17,19-20,34H,3-4,6,8-9,12,15,18,21-33H2,1-2H3,(H,37,38)/b7-5-,11-10-,14-13-,17-16-,20-19-. The molecule has 40 heavy (non-hydrogen) atoms. The lowest BCUT2D eigenvalue weighted by atomic mass is 10.0. The van der Waals surface area contributed by atoms with Crippen molar-refractivity contribution in [3.63, 3.8) is 0 Å². The Balaban J connectivity index is 4.00. The number of hydrogen-bond donors (Lipinski definition) is 1. The Kier molecular flexibility index (Phi) is 29.3. The molecule has 228 valence electrons. The van der Waals surface area contributed by atoms with Gasteiger partial charge in [-0.1, -0.05) is 120 Å². The van der Waals surface area contributed by atoms with E-state index in [9.17, 15) is 9.59 Å². The first-order chi connectivity index (χ1) is 19.6. The molecule has 0 fully saturated rings. The van der Waals surface area contributed by atoms with Gasteiger partial charge in [-0.25, -0.2) is 0 Å². The van der Waals surface area contributed by atoms with E-state index in [4.69, 9.17) is 9.84 Å². The number of carbonyl (C=O) groups excluding carboxylic acids is 1. The molecular formula is C36H60O4. The normalized spacial score (nSPS) is 13.1. The molecule has 0 rings (SSSR count). The molecule has 0 amide bonds. The summed E-state index contributed by atoms with van der Waals surface area (Å²) < 4.78 is 5.88. The smallest absolute Gasteiger partial charge is 0.306 e. The maximum absolute atomic E-state index is 12.4. The van der Waals surface area contributed by atoms with Gasteiger partial charge in [-0.3, -0.25) is 9.59 Å². The van der Waals surface area contributed by atoms with Crippen molar-refractivity contribution in [2.24, 2.45) is 0 Å². The predicted molar refractivity (Wildman–Crippen MR) is 172 cm³/mol. The maximum Gasteiger partial charge on any atom is 0.306 e. The molecule has 1 unspecified atom stereocenters. The number of ether oxygens (including phenoxy) is 1. The molecule has 0 aromatic rings. The lowest BCUT2D eigenvalue weighted by Crippen LogP contribution is -2.18. The van der Waals surface area contributed by atoms with Crippen LogP contribution in [0.3, 0.4) is 0 Å². The number of carbonyl (C=O) groups is 2. The predicted octanol–water partition coefficient (Wildman–Crippen LogP) is 11.0. The number of hydrogen-bond acceptors (Lipinski definition) is 3. The number of esters is 1. The van der Waals surface area contributed by atoms with Gasteiger partial charge in [0, 0.05) is 12.8 Å². The van der Waals surface area contributed by atoms with Crippen molar-refractivity contribution in [2.75, 3.05) is 0 Å². The highest BCUT2D eigenvalue weighted by Gasteiger charge is 2.14. The number of carboxylic acid groups (broad SMARTS) is 1. The summed E-state index contributed by atoms with van der Waals surface area (Å²) in [6.07, 6.45) is 42.4. The van der Waals surface area contributed by atoms with E-state index in [1.54, 1.807) is 0 Å². The minimum Gasteiger partial charge on any atom is -0.481 e. The van der Waals surface area contributed by atoms with Crippen LogP contribution < -0.4 is 0 Å². The quantitative estimate of drug-likeness (QED) is 0.0591. The molecule has 0 spiro atoms. The molecule has 0 aliphatic rings. The van der Waals surface area contributed by atoms with Crippen molar-refractivity contribution in [1.29, 1.82) is 0 Å². The monoisotopic (exact) mass is 556 g/mol. The Morgan fingerprint density at radius 1 is 0.575 bits per heavy atom. The number of rotatable bonds is 28. The molecule has 4 nitrogen and oxygen atoms in total. The molecule has 0 heterocycles. The van der Waals surface area contributed by atoms with Gasteiger partial charge in [-0.05, 0) is 77.0 Å². The molecule has 0 aromatic heterocycles. The Hall–Kier alpha value is -2.36. The average molecular weight is 557 g/mol. The highest BCUT2D eigenvalue weighted by Crippen LogP contribution is 2.17. The van der Waals surface area contributed by atoms with Crippen LogP contribution in [0, 0.1) is 0 Å². The molecular weight excluding hydrogens is 496 g/mol. The van der Waals surface area contributed by atoms with Crippen molar-refractivity contribution in [3.8, 4) is 0 Å². The van der Waals surface area contributed by atoms with Gasteiger partial charge in [-0.2, -0.15) is 0 Å². The van der Waals surface area contributed by atoms with E-state index in [0.717, 1.165) is 103 Å². The van der Waals surface area contributed by atoms with Gasteiger partial charge in [0.25, 0.3) is 0 Å². The fourth-order valence-corrected chi connectivity index (χ4v) is 4.39. The van der Waals surface area contributed by atoms with Gasteiger partial charge in [0.05, 0.1) is 0 Å². The topological polar surface area (TPSA) is 63.6 Å². The molecule has 0 saturated carbocycles. The summed E-state index contributed by atoms with van der Waals surface area (Å²) in [7, 11) is 0. The van der Waals surface area contributed by atoms with Gasteiger partial charge < -0.3 is 9.84 Å². The van der Waals surface area contributed by atoms with E-state index >= 15 is 0 Å². The fraction of sp³-hybridized carbons (Fsp3) is 0.667. The van der Waals surface area contributed by atoms with Crippen LogP contribution >= 0.6 is 0 Å². The van der Waals surface area contributed by atoms with Crippen molar-refractivity contribution in [2.45, 2.75) is 155 Å². The molecule has 0 aliphatic heterocycles. The molecule has 0 bridgehead atoms. The van der Waals surface area contributed by atoms with Crippen LogP contribution in [-0.4, -0.2) is 23.1 Å². The largest absolute Gasteiger partial charge is 0.481 e. The second-order valence-corrected chi connectivity index (χ2v) is 10.6. The number of carboxylic acids is 1. The van der Waals surface area contributed by atoms with E-state index in [0.29, 0.717) is 6.42 Å². The molecule has 1 N–H and O–H groups in total. The summed E-state index contributed by atoms with van der Waals surface area (Å²) in [4.78, 5) is 23.0. The number of unbranched alkanes of at least 4 members (excludes halogenated alkanes) is 9. The van der Waals surface area contributed by atoms with Gasteiger partial charge in [0.1, 0.15) is 6.10 Å². The molecule has 0 saturated heterocycles. The Labute approximate surface area is 246 Å². The molecule has 4 heteroatoms. The van der Waals surface area contributed by atoms with Crippen LogP contribution in [0.2, 0.25) is 0 Å².